The molecule has 0 radical (unpaired) electrons. The quantitative estimate of drug-likeness (QED) is 0.793. The van der Waals surface area contributed by atoms with Crippen molar-refractivity contribution in [3.8, 4) is 0 Å². The van der Waals surface area contributed by atoms with Crippen LogP contribution in [0.2, 0.25) is 0 Å². The molecule has 1 aromatic rings. The van der Waals surface area contributed by atoms with Crippen LogP contribution < -0.4 is 0 Å². The summed E-state index contributed by atoms with van der Waals surface area (Å²) >= 11 is 0. The third-order valence-electron chi connectivity index (χ3n) is 2.28. The van der Waals surface area contributed by atoms with Crippen molar-refractivity contribution >= 4 is 6.08 Å². The summed E-state index contributed by atoms with van der Waals surface area (Å²) in [6.07, 6.45) is 1.28. The zero-order valence-corrected chi connectivity index (χ0v) is 9.22. The maximum absolute atomic E-state index is 9.72. The zero-order chi connectivity index (χ0) is 11.3. The van der Waals surface area contributed by atoms with Crippen molar-refractivity contribution in [2.75, 3.05) is 0 Å². The molecular weight excluding hydrogens is 188 g/mol. The van der Waals surface area contributed by atoms with E-state index in [1.165, 1.54) is 0 Å². The molecule has 2 heteroatoms. The Morgan fingerprint density at radius 1 is 1.27 bits per heavy atom. The van der Waals surface area contributed by atoms with E-state index in [0.717, 1.165) is 11.1 Å². The molecule has 0 bridgehead atoms. The molecule has 2 N–H and O–H groups in total. The molecule has 2 atom stereocenters. The minimum absolute atomic E-state index is 0.384. The smallest absolute Gasteiger partial charge is 0.0775 e. The van der Waals surface area contributed by atoms with Gasteiger partial charge in [0.2, 0.25) is 0 Å². The molecule has 0 aliphatic carbocycles. The molecule has 0 aliphatic rings. The van der Waals surface area contributed by atoms with E-state index in [2.05, 4.69) is 0 Å². The van der Waals surface area contributed by atoms with E-state index in [4.69, 9.17) is 5.11 Å². The average molecular weight is 206 g/mol. The van der Waals surface area contributed by atoms with E-state index in [1.54, 1.807) is 6.92 Å². The maximum atomic E-state index is 9.72. The van der Waals surface area contributed by atoms with Crippen molar-refractivity contribution in [1.82, 2.24) is 0 Å². The monoisotopic (exact) mass is 206 g/mol. The third kappa shape index (κ3) is 4.28. The second-order valence-corrected chi connectivity index (χ2v) is 3.90. The van der Waals surface area contributed by atoms with Gasteiger partial charge < -0.3 is 10.2 Å². The van der Waals surface area contributed by atoms with Crippen LogP contribution in [-0.2, 0) is 0 Å². The van der Waals surface area contributed by atoms with Crippen molar-refractivity contribution in [2.45, 2.75) is 32.5 Å². The molecule has 0 fully saturated rings. The molecule has 0 aliphatic heterocycles. The van der Waals surface area contributed by atoms with E-state index in [-0.39, 0.29) is 0 Å². The Kier molecular flexibility index (Phi) is 4.53. The van der Waals surface area contributed by atoms with Crippen LogP contribution in [0.3, 0.4) is 0 Å². The Labute approximate surface area is 90.9 Å². The van der Waals surface area contributed by atoms with Crippen LogP contribution in [0.1, 0.15) is 25.8 Å². The lowest BCUT2D eigenvalue weighted by Gasteiger charge is -2.13. The zero-order valence-electron chi connectivity index (χ0n) is 9.22. The number of rotatable bonds is 4. The lowest BCUT2D eigenvalue weighted by Crippen LogP contribution is -2.15. The third-order valence-corrected chi connectivity index (χ3v) is 2.28. The standard InChI is InChI=1S/C13H18O2/c1-10(13(15)9-11(2)14)8-12-6-4-3-5-7-12/h3-8,11,13-15H,9H2,1-2H3/b10-8+/t11-,13+/m0/s1. The summed E-state index contributed by atoms with van der Waals surface area (Å²) in [6.45, 7) is 3.55. The van der Waals surface area contributed by atoms with Crippen LogP contribution in [0.5, 0.6) is 0 Å². The van der Waals surface area contributed by atoms with E-state index in [9.17, 15) is 5.11 Å². The molecular formula is C13H18O2. The molecule has 0 spiro atoms. The number of hydrogen-bond acceptors (Lipinski definition) is 2. The van der Waals surface area contributed by atoms with Crippen molar-refractivity contribution < 1.29 is 10.2 Å². The Balaban J connectivity index is 2.67. The summed E-state index contributed by atoms with van der Waals surface area (Å²) < 4.78 is 0. The van der Waals surface area contributed by atoms with Crippen LogP contribution >= 0.6 is 0 Å². The molecule has 82 valence electrons. The fourth-order valence-electron chi connectivity index (χ4n) is 1.42. The summed E-state index contributed by atoms with van der Waals surface area (Å²) in [6, 6.07) is 9.84. The van der Waals surface area contributed by atoms with E-state index in [0.29, 0.717) is 6.42 Å². The molecule has 0 aromatic heterocycles. The maximum Gasteiger partial charge on any atom is 0.0775 e. The minimum Gasteiger partial charge on any atom is -0.393 e. The van der Waals surface area contributed by atoms with Crippen LogP contribution in [-0.4, -0.2) is 22.4 Å². The van der Waals surface area contributed by atoms with Crippen molar-refractivity contribution in [3.63, 3.8) is 0 Å². The number of aliphatic hydroxyl groups is 2. The number of benzene rings is 1. The minimum atomic E-state index is -0.565. The second kappa shape index (κ2) is 5.69. The highest BCUT2D eigenvalue weighted by Crippen LogP contribution is 2.13. The van der Waals surface area contributed by atoms with Gasteiger partial charge in [-0.1, -0.05) is 36.4 Å². The molecule has 0 unspecified atom stereocenters. The van der Waals surface area contributed by atoms with Crippen LogP contribution in [0.4, 0.5) is 0 Å². The molecule has 2 nitrogen and oxygen atoms in total. The fourth-order valence-corrected chi connectivity index (χ4v) is 1.42. The lowest BCUT2D eigenvalue weighted by atomic mass is 10.0. The summed E-state index contributed by atoms with van der Waals surface area (Å²) in [5.41, 5.74) is 1.95. The Morgan fingerprint density at radius 2 is 1.87 bits per heavy atom. The first-order valence-corrected chi connectivity index (χ1v) is 5.19. The number of aliphatic hydroxyl groups excluding tert-OH is 2. The van der Waals surface area contributed by atoms with E-state index < -0.39 is 12.2 Å². The Hall–Kier alpha value is -1.12. The normalized spacial score (nSPS) is 16.1. The van der Waals surface area contributed by atoms with Gasteiger partial charge in [-0.3, -0.25) is 0 Å². The first-order valence-electron chi connectivity index (χ1n) is 5.19. The van der Waals surface area contributed by atoms with Crippen molar-refractivity contribution in [1.29, 1.82) is 0 Å². The van der Waals surface area contributed by atoms with Gasteiger partial charge in [0.1, 0.15) is 0 Å². The van der Waals surface area contributed by atoms with Gasteiger partial charge in [-0.05, 0) is 25.0 Å². The topological polar surface area (TPSA) is 40.5 Å². The molecule has 1 rings (SSSR count). The highest BCUT2D eigenvalue weighted by atomic mass is 16.3. The Morgan fingerprint density at radius 3 is 2.40 bits per heavy atom. The molecule has 0 heterocycles. The Bertz CT molecular complexity index is 315. The molecule has 0 saturated heterocycles. The van der Waals surface area contributed by atoms with Gasteiger partial charge in [0.05, 0.1) is 12.2 Å². The molecule has 1 aromatic carbocycles. The SMILES string of the molecule is C/C(=C\c1ccccc1)[C@H](O)C[C@H](C)O. The van der Waals surface area contributed by atoms with Crippen LogP contribution in [0.15, 0.2) is 35.9 Å². The first kappa shape index (κ1) is 12.0. The highest BCUT2D eigenvalue weighted by Gasteiger charge is 2.09. The van der Waals surface area contributed by atoms with Gasteiger partial charge in [-0.25, -0.2) is 0 Å². The average Bonchev–Trinajstić information content (AvgIpc) is 2.18. The van der Waals surface area contributed by atoms with Gasteiger partial charge >= 0.3 is 0 Å². The summed E-state index contributed by atoms with van der Waals surface area (Å²) in [7, 11) is 0. The van der Waals surface area contributed by atoms with Gasteiger partial charge in [0, 0.05) is 6.42 Å². The molecule has 0 saturated carbocycles. The predicted molar refractivity (Wildman–Crippen MR) is 62.4 cm³/mol. The van der Waals surface area contributed by atoms with Gasteiger partial charge in [0.15, 0.2) is 0 Å². The summed E-state index contributed by atoms with van der Waals surface area (Å²) in [5.74, 6) is 0. The van der Waals surface area contributed by atoms with E-state index >= 15 is 0 Å². The summed E-state index contributed by atoms with van der Waals surface area (Å²) in [4.78, 5) is 0. The van der Waals surface area contributed by atoms with Crippen LogP contribution in [0.25, 0.3) is 6.08 Å². The van der Waals surface area contributed by atoms with Gasteiger partial charge in [-0.15, -0.1) is 0 Å². The largest absolute Gasteiger partial charge is 0.393 e. The number of hydrogen-bond donors (Lipinski definition) is 2. The van der Waals surface area contributed by atoms with Gasteiger partial charge in [-0.2, -0.15) is 0 Å². The lowest BCUT2D eigenvalue weighted by molar-refractivity contribution is 0.111. The van der Waals surface area contributed by atoms with E-state index in [1.807, 2.05) is 43.3 Å². The van der Waals surface area contributed by atoms with Crippen LogP contribution in [0, 0.1) is 0 Å². The van der Waals surface area contributed by atoms with Crippen molar-refractivity contribution in [2.24, 2.45) is 0 Å². The first-order chi connectivity index (χ1) is 7.09. The molecule has 0 amide bonds. The second-order valence-electron chi connectivity index (χ2n) is 3.90. The predicted octanol–water partition coefficient (Wildman–Crippen LogP) is 2.22. The van der Waals surface area contributed by atoms with Gasteiger partial charge in [0.25, 0.3) is 0 Å². The summed E-state index contributed by atoms with van der Waals surface area (Å²) in [5, 5.41) is 18.9. The highest BCUT2D eigenvalue weighted by molar-refractivity contribution is 5.52. The fraction of sp³-hybridized carbons (Fsp3) is 0.385. The molecule has 15 heavy (non-hydrogen) atoms. The van der Waals surface area contributed by atoms with Crippen molar-refractivity contribution in [3.05, 3.63) is 41.5 Å².